The van der Waals surface area contributed by atoms with E-state index in [1.807, 2.05) is 49.4 Å². The molecule has 16 heavy (non-hydrogen) atoms. The van der Waals surface area contributed by atoms with Crippen molar-refractivity contribution < 1.29 is 9.21 Å². The molecule has 1 aromatic carbocycles. The van der Waals surface area contributed by atoms with Crippen molar-refractivity contribution in [1.29, 1.82) is 0 Å². The molecule has 1 heterocycles. The topological polar surface area (TPSA) is 30.2 Å². The molecule has 0 radical (unpaired) electrons. The van der Waals surface area contributed by atoms with Crippen LogP contribution in [0, 0.1) is 0 Å². The molecule has 0 saturated heterocycles. The lowest BCUT2D eigenvalue weighted by molar-refractivity contribution is -0.118. The molecule has 0 fully saturated rings. The second kappa shape index (κ2) is 4.79. The summed E-state index contributed by atoms with van der Waals surface area (Å²) in [5.74, 6) is 1.76. The number of hydrogen-bond acceptors (Lipinski definition) is 2. The van der Waals surface area contributed by atoms with Crippen LogP contribution in [0.15, 0.2) is 46.9 Å². The van der Waals surface area contributed by atoms with E-state index in [1.165, 1.54) is 0 Å². The van der Waals surface area contributed by atoms with Gasteiger partial charge in [0, 0.05) is 12.0 Å². The Morgan fingerprint density at radius 3 is 2.56 bits per heavy atom. The maximum Gasteiger partial charge on any atom is 0.140 e. The van der Waals surface area contributed by atoms with Gasteiger partial charge in [-0.3, -0.25) is 4.79 Å². The third-order valence-corrected chi connectivity index (χ3v) is 2.49. The Morgan fingerprint density at radius 2 is 1.88 bits per heavy atom. The quantitative estimate of drug-likeness (QED) is 0.780. The van der Waals surface area contributed by atoms with E-state index in [2.05, 4.69) is 0 Å². The van der Waals surface area contributed by atoms with Gasteiger partial charge in [-0.05, 0) is 12.1 Å². The zero-order valence-electron chi connectivity index (χ0n) is 9.27. The Labute approximate surface area is 94.9 Å². The Balaban J connectivity index is 2.17. The Morgan fingerprint density at radius 1 is 1.12 bits per heavy atom. The highest BCUT2D eigenvalue weighted by Gasteiger charge is 2.07. The summed E-state index contributed by atoms with van der Waals surface area (Å²) >= 11 is 0. The standard InChI is InChI=1S/C14H14O2/c1-2-12(15)10-13-8-9-14(16-13)11-6-4-3-5-7-11/h3-9H,2,10H2,1H3. The van der Waals surface area contributed by atoms with Crippen molar-refractivity contribution in [2.24, 2.45) is 0 Å². The van der Waals surface area contributed by atoms with Crippen LogP contribution in [0.25, 0.3) is 11.3 Å². The molecule has 0 aliphatic heterocycles. The van der Waals surface area contributed by atoms with Crippen LogP contribution in [-0.4, -0.2) is 5.78 Å². The molecule has 0 bridgehead atoms. The van der Waals surface area contributed by atoms with E-state index in [0.29, 0.717) is 12.8 Å². The van der Waals surface area contributed by atoms with Gasteiger partial charge >= 0.3 is 0 Å². The van der Waals surface area contributed by atoms with E-state index < -0.39 is 0 Å². The number of benzene rings is 1. The Kier molecular flexibility index (Phi) is 3.20. The monoisotopic (exact) mass is 214 g/mol. The lowest BCUT2D eigenvalue weighted by atomic mass is 10.2. The summed E-state index contributed by atoms with van der Waals surface area (Å²) in [6, 6.07) is 13.7. The van der Waals surface area contributed by atoms with Crippen molar-refractivity contribution in [3.05, 3.63) is 48.2 Å². The zero-order chi connectivity index (χ0) is 11.4. The maximum atomic E-state index is 11.3. The van der Waals surface area contributed by atoms with Gasteiger partial charge in [-0.1, -0.05) is 37.3 Å². The number of ketones is 1. The normalized spacial score (nSPS) is 10.3. The van der Waals surface area contributed by atoms with Crippen molar-refractivity contribution in [2.75, 3.05) is 0 Å². The molecular formula is C14H14O2. The smallest absolute Gasteiger partial charge is 0.140 e. The molecule has 2 aromatic rings. The van der Waals surface area contributed by atoms with Crippen LogP contribution in [0.2, 0.25) is 0 Å². The average molecular weight is 214 g/mol. The fourth-order valence-corrected chi connectivity index (χ4v) is 1.55. The highest BCUT2D eigenvalue weighted by Crippen LogP contribution is 2.22. The van der Waals surface area contributed by atoms with Crippen LogP contribution in [0.3, 0.4) is 0 Å². The third kappa shape index (κ3) is 2.40. The minimum absolute atomic E-state index is 0.203. The summed E-state index contributed by atoms with van der Waals surface area (Å²) < 4.78 is 5.62. The number of furan rings is 1. The molecule has 82 valence electrons. The minimum atomic E-state index is 0.203. The first kappa shape index (κ1) is 10.7. The van der Waals surface area contributed by atoms with Gasteiger partial charge in [0.1, 0.15) is 17.3 Å². The molecule has 0 saturated carbocycles. The Bertz CT molecular complexity index is 468. The first-order chi connectivity index (χ1) is 7.79. The summed E-state index contributed by atoms with van der Waals surface area (Å²) in [6.45, 7) is 1.86. The van der Waals surface area contributed by atoms with Crippen LogP contribution < -0.4 is 0 Å². The zero-order valence-corrected chi connectivity index (χ0v) is 9.27. The van der Waals surface area contributed by atoms with Gasteiger partial charge in [0.25, 0.3) is 0 Å². The highest BCUT2D eigenvalue weighted by molar-refractivity contribution is 5.80. The maximum absolute atomic E-state index is 11.3. The summed E-state index contributed by atoms with van der Waals surface area (Å²) in [4.78, 5) is 11.3. The summed E-state index contributed by atoms with van der Waals surface area (Å²) in [7, 11) is 0. The van der Waals surface area contributed by atoms with E-state index >= 15 is 0 Å². The molecule has 0 aliphatic rings. The molecule has 0 aliphatic carbocycles. The van der Waals surface area contributed by atoms with Gasteiger partial charge in [-0.25, -0.2) is 0 Å². The van der Waals surface area contributed by atoms with E-state index in [-0.39, 0.29) is 5.78 Å². The van der Waals surface area contributed by atoms with Crippen LogP contribution in [0.4, 0.5) is 0 Å². The SMILES string of the molecule is CCC(=O)Cc1ccc(-c2ccccc2)o1. The summed E-state index contributed by atoms with van der Waals surface area (Å²) in [5, 5.41) is 0. The second-order valence-electron chi connectivity index (χ2n) is 3.70. The second-order valence-corrected chi connectivity index (χ2v) is 3.70. The number of carbonyl (C=O) groups excluding carboxylic acids is 1. The van der Waals surface area contributed by atoms with Crippen molar-refractivity contribution in [3.8, 4) is 11.3 Å². The van der Waals surface area contributed by atoms with Crippen LogP contribution in [-0.2, 0) is 11.2 Å². The molecule has 2 nitrogen and oxygen atoms in total. The summed E-state index contributed by atoms with van der Waals surface area (Å²) in [6.07, 6.45) is 0.949. The van der Waals surface area contributed by atoms with Crippen LogP contribution in [0.1, 0.15) is 19.1 Å². The average Bonchev–Trinajstić information content (AvgIpc) is 2.78. The molecule has 0 spiro atoms. The third-order valence-electron chi connectivity index (χ3n) is 2.49. The Hall–Kier alpha value is -1.83. The van der Waals surface area contributed by atoms with E-state index in [9.17, 15) is 4.79 Å². The molecule has 0 unspecified atom stereocenters. The van der Waals surface area contributed by atoms with Gasteiger partial charge < -0.3 is 4.42 Å². The minimum Gasteiger partial charge on any atom is -0.461 e. The lowest BCUT2D eigenvalue weighted by Gasteiger charge is -1.96. The number of hydrogen-bond donors (Lipinski definition) is 0. The van der Waals surface area contributed by atoms with Gasteiger partial charge in [0.2, 0.25) is 0 Å². The van der Waals surface area contributed by atoms with Gasteiger partial charge in [0.15, 0.2) is 0 Å². The van der Waals surface area contributed by atoms with E-state index in [4.69, 9.17) is 4.42 Å². The summed E-state index contributed by atoms with van der Waals surface area (Å²) in [5.41, 5.74) is 1.04. The molecule has 0 N–H and O–H groups in total. The van der Waals surface area contributed by atoms with E-state index in [1.54, 1.807) is 0 Å². The lowest BCUT2D eigenvalue weighted by Crippen LogP contribution is -1.98. The first-order valence-electron chi connectivity index (χ1n) is 5.45. The van der Waals surface area contributed by atoms with Crippen molar-refractivity contribution in [1.82, 2.24) is 0 Å². The molecule has 0 atom stereocenters. The van der Waals surface area contributed by atoms with Gasteiger partial charge in [-0.2, -0.15) is 0 Å². The van der Waals surface area contributed by atoms with E-state index in [0.717, 1.165) is 17.1 Å². The molecule has 0 amide bonds. The number of rotatable bonds is 4. The highest BCUT2D eigenvalue weighted by atomic mass is 16.3. The van der Waals surface area contributed by atoms with Crippen molar-refractivity contribution in [3.63, 3.8) is 0 Å². The molecular weight excluding hydrogens is 200 g/mol. The molecule has 1 aromatic heterocycles. The predicted octanol–water partition coefficient (Wildman–Crippen LogP) is 3.47. The van der Waals surface area contributed by atoms with Crippen LogP contribution in [0.5, 0.6) is 0 Å². The van der Waals surface area contributed by atoms with Crippen LogP contribution >= 0.6 is 0 Å². The van der Waals surface area contributed by atoms with Crippen molar-refractivity contribution in [2.45, 2.75) is 19.8 Å². The molecule has 2 rings (SSSR count). The first-order valence-corrected chi connectivity index (χ1v) is 5.45. The van der Waals surface area contributed by atoms with Gasteiger partial charge in [-0.15, -0.1) is 0 Å². The molecule has 2 heteroatoms. The number of carbonyl (C=O) groups is 1. The fraction of sp³-hybridized carbons (Fsp3) is 0.214. The van der Waals surface area contributed by atoms with Gasteiger partial charge in [0.05, 0.1) is 6.42 Å². The largest absolute Gasteiger partial charge is 0.461 e. The predicted molar refractivity (Wildman–Crippen MR) is 63.1 cm³/mol. The number of Topliss-reactive ketones (excluding diaryl/α,β-unsaturated/α-hetero) is 1. The fourth-order valence-electron chi connectivity index (χ4n) is 1.55. The van der Waals surface area contributed by atoms with Crippen molar-refractivity contribution >= 4 is 5.78 Å².